The molecule has 1 aromatic heterocycles. The third kappa shape index (κ3) is 11.8. The molecule has 0 fully saturated rings. The summed E-state index contributed by atoms with van der Waals surface area (Å²) in [4.78, 5) is 0. The van der Waals surface area contributed by atoms with Crippen LogP contribution in [-0.2, 0) is 13.0 Å². The summed E-state index contributed by atoms with van der Waals surface area (Å²) in [5, 5.41) is 6.25. The van der Waals surface area contributed by atoms with Crippen LogP contribution in [0, 0.1) is 11.8 Å². The van der Waals surface area contributed by atoms with E-state index in [4.69, 9.17) is 11.8 Å². The molecule has 0 atom stereocenters. The lowest BCUT2D eigenvalue weighted by molar-refractivity contribution is -0.704. The van der Waals surface area contributed by atoms with Crippen LogP contribution in [0.1, 0.15) is 90.2 Å². The van der Waals surface area contributed by atoms with Gasteiger partial charge in [-0.05, 0) is 12.8 Å². The van der Waals surface area contributed by atoms with Gasteiger partial charge >= 0.3 is 0 Å². The maximum atomic E-state index is 6.25. The van der Waals surface area contributed by atoms with Crippen LogP contribution in [0.5, 0.6) is 0 Å². The van der Waals surface area contributed by atoms with Crippen molar-refractivity contribution in [3.05, 3.63) is 36.7 Å². The van der Waals surface area contributed by atoms with Crippen molar-refractivity contribution in [2.75, 3.05) is 0 Å². The number of unbranched alkanes of at least 4 members (excludes halogenated alkanes) is 9. The van der Waals surface area contributed by atoms with E-state index in [0.717, 1.165) is 0 Å². The molecule has 0 aliphatic rings. The van der Waals surface area contributed by atoms with Gasteiger partial charge in [0.15, 0.2) is 11.9 Å². The number of aryl methyl sites for hydroxylation is 2. The largest absolute Gasteiger partial charge is 0.512 e. The fourth-order valence-electron chi connectivity index (χ4n) is 2.91. The summed E-state index contributed by atoms with van der Waals surface area (Å²) in [6.07, 6.45) is 18.8. The molecular weight excluding hydrogens is 280 g/mol. The number of nitrogens with zero attached hydrogens (tertiary/aromatic N) is 2. The van der Waals surface area contributed by atoms with Crippen LogP contribution in [0.2, 0.25) is 0 Å². The Kier molecular flexibility index (Phi) is 16.0. The molecule has 0 amide bonds. The Morgan fingerprint density at radius 2 is 1.35 bits per heavy atom. The quantitative estimate of drug-likeness (QED) is 0.251. The maximum absolute atomic E-state index is 6.25. The first-order valence-electron chi connectivity index (χ1n) is 9.58. The maximum Gasteiger partial charge on any atom is 0.181 e. The topological polar surface area (TPSA) is 27.7 Å². The lowest BCUT2D eigenvalue weighted by Gasteiger charge is -2.04. The molecule has 0 radical (unpaired) electrons. The molecule has 1 aromatic rings. The van der Waals surface area contributed by atoms with Crippen molar-refractivity contribution < 1.29 is 4.57 Å². The van der Waals surface area contributed by atoms with Crippen molar-refractivity contribution in [1.29, 1.82) is 5.26 Å². The van der Waals surface area contributed by atoms with Gasteiger partial charge in [-0.1, -0.05) is 71.3 Å². The molecule has 0 N–H and O–H groups in total. The second kappa shape index (κ2) is 17.0. The van der Waals surface area contributed by atoms with Gasteiger partial charge in [0.2, 0.25) is 0 Å². The van der Waals surface area contributed by atoms with E-state index in [1.807, 2.05) is 0 Å². The SMILES string of the molecule is CCCCCCCCCCC[n+]1ccccc1CCCC.[C-]#N. The summed E-state index contributed by atoms with van der Waals surface area (Å²) in [5.41, 5.74) is 1.51. The molecule has 2 heteroatoms. The summed E-state index contributed by atoms with van der Waals surface area (Å²) >= 11 is 0. The van der Waals surface area contributed by atoms with Gasteiger partial charge in [-0.25, -0.2) is 4.57 Å². The van der Waals surface area contributed by atoms with Gasteiger partial charge in [0.1, 0.15) is 6.54 Å². The Bertz CT molecular complexity index is 384. The highest BCUT2D eigenvalue weighted by Gasteiger charge is 2.08. The van der Waals surface area contributed by atoms with Crippen molar-refractivity contribution >= 4 is 0 Å². The highest BCUT2D eigenvalue weighted by molar-refractivity contribution is 4.97. The number of pyridine rings is 1. The molecular formula is C21H36N2. The van der Waals surface area contributed by atoms with E-state index in [1.54, 1.807) is 0 Å². The summed E-state index contributed by atoms with van der Waals surface area (Å²) in [7, 11) is 0. The normalized spacial score (nSPS) is 10.1. The second-order valence-electron chi connectivity index (χ2n) is 6.32. The first-order valence-corrected chi connectivity index (χ1v) is 9.58. The minimum absolute atomic E-state index is 1.20. The lowest BCUT2D eigenvalue weighted by Crippen LogP contribution is -2.37. The standard InChI is InChI=1S/C20H36N.CN/c1-3-5-7-8-9-10-11-12-14-18-21-19-15-13-17-20(21)16-6-4-2;1-2/h13,15,17,19H,3-12,14,16,18H2,1-2H3;/q+1;-1. The highest BCUT2D eigenvalue weighted by atomic mass is 14.9. The number of rotatable bonds is 13. The van der Waals surface area contributed by atoms with Gasteiger partial charge in [-0.3, -0.25) is 0 Å². The third-order valence-corrected chi connectivity index (χ3v) is 4.32. The average Bonchev–Trinajstić information content (AvgIpc) is 2.61. The summed E-state index contributed by atoms with van der Waals surface area (Å²) in [5.74, 6) is 0. The van der Waals surface area contributed by atoms with E-state index in [-0.39, 0.29) is 0 Å². The van der Waals surface area contributed by atoms with E-state index in [9.17, 15) is 0 Å². The fraction of sp³-hybridized carbons (Fsp3) is 0.714. The van der Waals surface area contributed by atoms with E-state index in [1.165, 1.54) is 89.3 Å². The summed E-state index contributed by atoms with van der Waals surface area (Å²) in [6.45, 7) is 10.5. The van der Waals surface area contributed by atoms with Crippen LogP contribution >= 0.6 is 0 Å². The predicted octanol–water partition coefficient (Wildman–Crippen LogP) is 5.94. The van der Waals surface area contributed by atoms with E-state index in [0.29, 0.717) is 0 Å². The van der Waals surface area contributed by atoms with Gasteiger partial charge in [0.25, 0.3) is 0 Å². The Morgan fingerprint density at radius 1 is 0.783 bits per heavy atom. The van der Waals surface area contributed by atoms with E-state index >= 15 is 0 Å². The predicted molar refractivity (Wildman–Crippen MR) is 97.4 cm³/mol. The van der Waals surface area contributed by atoms with Gasteiger partial charge in [0, 0.05) is 25.0 Å². The molecule has 1 heterocycles. The van der Waals surface area contributed by atoms with Crippen molar-refractivity contribution in [3.63, 3.8) is 0 Å². The average molecular weight is 317 g/mol. The van der Waals surface area contributed by atoms with Crippen LogP contribution in [0.25, 0.3) is 0 Å². The zero-order chi connectivity index (χ0) is 17.2. The molecule has 23 heavy (non-hydrogen) atoms. The number of hydrogen-bond acceptors (Lipinski definition) is 1. The van der Waals surface area contributed by atoms with Gasteiger partial charge < -0.3 is 11.8 Å². The number of hydrogen-bond donors (Lipinski definition) is 0. The highest BCUT2D eigenvalue weighted by Crippen LogP contribution is 2.09. The number of aromatic nitrogens is 1. The lowest BCUT2D eigenvalue weighted by atomic mass is 10.1. The Labute approximate surface area is 144 Å². The first kappa shape index (κ1) is 21.6. The van der Waals surface area contributed by atoms with Crippen LogP contribution in [0.15, 0.2) is 24.4 Å². The molecule has 0 aromatic carbocycles. The van der Waals surface area contributed by atoms with E-state index < -0.39 is 0 Å². The third-order valence-electron chi connectivity index (χ3n) is 4.32. The van der Waals surface area contributed by atoms with Crippen LogP contribution in [0.4, 0.5) is 0 Å². The van der Waals surface area contributed by atoms with Crippen molar-refractivity contribution in [1.82, 2.24) is 0 Å². The van der Waals surface area contributed by atoms with Crippen molar-refractivity contribution in [3.8, 4) is 0 Å². The van der Waals surface area contributed by atoms with Crippen LogP contribution < -0.4 is 4.57 Å². The van der Waals surface area contributed by atoms with E-state index in [2.05, 4.69) is 42.8 Å². The van der Waals surface area contributed by atoms with Crippen LogP contribution in [0.3, 0.4) is 0 Å². The molecule has 130 valence electrons. The Hall–Kier alpha value is -1.36. The minimum atomic E-state index is 1.20. The smallest absolute Gasteiger partial charge is 0.181 e. The molecule has 2 nitrogen and oxygen atoms in total. The van der Waals surface area contributed by atoms with Crippen molar-refractivity contribution in [2.45, 2.75) is 97.4 Å². The summed E-state index contributed by atoms with van der Waals surface area (Å²) in [6, 6.07) is 6.64. The Morgan fingerprint density at radius 3 is 1.96 bits per heavy atom. The molecule has 0 spiro atoms. The molecule has 0 bridgehead atoms. The zero-order valence-corrected chi connectivity index (χ0v) is 15.4. The Balaban J connectivity index is 0.00000232. The summed E-state index contributed by atoms with van der Waals surface area (Å²) < 4.78 is 2.47. The zero-order valence-electron chi connectivity index (χ0n) is 15.4. The molecule has 0 saturated heterocycles. The van der Waals surface area contributed by atoms with Gasteiger partial charge in [-0.2, -0.15) is 0 Å². The molecule has 0 aliphatic carbocycles. The van der Waals surface area contributed by atoms with Gasteiger partial charge in [0.05, 0.1) is 0 Å². The monoisotopic (exact) mass is 316 g/mol. The molecule has 0 saturated carbocycles. The van der Waals surface area contributed by atoms with Crippen LogP contribution in [-0.4, -0.2) is 0 Å². The minimum Gasteiger partial charge on any atom is -0.512 e. The molecule has 1 rings (SSSR count). The fourth-order valence-corrected chi connectivity index (χ4v) is 2.91. The second-order valence-corrected chi connectivity index (χ2v) is 6.32. The molecule has 0 aliphatic heterocycles. The first-order chi connectivity index (χ1) is 11.4. The van der Waals surface area contributed by atoms with Crippen molar-refractivity contribution in [2.24, 2.45) is 0 Å². The molecule has 0 unspecified atom stereocenters. The van der Waals surface area contributed by atoms with Gasteiger partial charge in [-0.15, -0.1) is 0 Å².